The normalized spacial score (nSPS) is 12.1. The van der Waals surface area contributed by atoms with Crippen molar-refractivity contribution < 1.29 is 14.6 Å². The van der Waals surface area contributed by atoms with Crippen LogP contribution in [0.15, 0.2) is 24.3 Å². The molecule has 1 aromatic rings. The van der Waals surface area contributed by atoms with E-state index in [1.165, 1.54) is 11.8 Å². The Balaban J connectivity index is 2.34. The molecule has 0 aromatic heterocycles. The number of nitrogens with two attached hydrogens (primary N) is 1. The topological polar surface area (TPSA) is 72.5 Å². The van der Waals surface area contributed by atoms with Crippen LogP contribution in [0.1, 0.15) is 12.5 Å². The highest BCUT2D eigenvalue weighted by Gasteiger charge is 2.10. The summed E-state index contributed by atoms with van der Waals surface area (Å²) in [6, 6.07) is 6.99. The van der Waals surface area contributed by atoms with Gasteiger partial charge in [-0.25, -0.2) is 0 Å². The van der Waals surface area contributed by atoms with Gasteiger partial charge in [0.15, 0.2) is 0 Å². The Labute approximate surface area is 105 Å². The second-order valence-electron chi connectivity index (χ2n) is 3.54. The zero-order valence-corrected chi connectivity index (χ0v) is 10.6. The van der Waals surface area contributed by atoms with Gasteiger partial charge in [-0.15, -0.1) is 0 Å². The molecule has 0 amide bonds. The summed E-state index contributed by atoms with van der Waals surface area (Å²) in [5.41, 5.74) is 6.54. The van der Waals surface area contributed by atoms with Crippen LogP contribution in [0, 0.1) is 0 Å². The van der Waals surface area contributed by atoms with Crippen molar-refractivity contribution in [3.8, 4) is 5.75 Å². The second kappa shape index (κ2) is 7.19. The number of rotatable bonds is 7. The molecule has 3 N–H and O–H groups in total. The Bertz CT molecular complexity index is 353. The highest BCUT2D eigenvalue weighted by molar-refractivity contribution is 7.98. The summed E-state index contributed by atoms with van der Waals surface area (Å²) in [7, 11) is 0. The Morgan fingerprint density at radius 3 is 2.65 bits per heavy atom. The van der Waals surface area contributed by atoms with E-state index in [1.54, 1.807) is 0 Å². The average Bonchev–Trinajstić information content (AvgIpc) is 2.31. The van der Waals surface area contributed by atoms with E-state index in [0.717, 1.165) is 17.1 Å². The van der Waals surface area contributed by atoms with Gasteiger partial charge < -0.3 is 15.6 Å². The predicted molar refractivity (Wildman–Crippen MR) is 69.4 cm³/mol. The summed E-state index contributed by atoms with van der Waals surface area (Å²) in [5, 5.41) is 8.62. The number of carboxylic acid groups (broad SMARTS) is 1. The molecule has 1 aromatic carbocycles. The van der Waals surface area contributed by atoms with Gasteiger partial charge in [0.25, 0.3) is 0 Å². The highest BCUT2D eigenvalue weighted by Crippen LogP contribution is 2.17. The smallest absolute Gasteiger partial charge is 0.321 e. The van der Waals surface area contributed by atoms with Crippen LogP contribution in [-0.4, -0.2) is 29.5 Å². The fourth-order valence-corrected chi connectivity index (χ4v) is 2.17. The first-order valence-electron chi connectivity index (χ1n) is 5.41. The SMILES string of the molecule is CCOc1ccc(CSCC(N)C(=O)O)cc1. The molecule has 1 unspecified atom stereocenters. The first-order chi connectivity index (χ1) is 8.13. The Morgan fingerprint density at radius 2 is 2.12 bits per heavy atom. The van der Waals surface area contributed by atoms with Crippen LogP contribution in [0.4, 0.5) is 0 Å². The number of aliphatic carboxylic acids is 1. The lowest BCUT2D eigenvalue weighted by atomic mass is 10.2. The van der Waals surface area contributed by atoms with Crippen molar-refractivity contribution in [3.63, 3.8) is 0 Å². The predicted octanol–water partition coefficient (Wildman–Crippen LogP) is 1.73. The average molecular weight is 255 g/mol. The number of hydrogen-bond acceptors (Lipinski definition) is 4. The maximum Gasteiger partial charge on any atom is 0.321 e. The summed E-state index contributed by atoms with van der Waals surface area (Å²) in [6.45, 7) is 2.60. The fourth-order valence-electron chi connectivity index (χ4n) is 1.22. The standard InChI is InChI=1S/C12H17NO3S/c1-2-16-10-5-3-9(4-6-10)7-17-8-11(13)12(14)15/h3-6,11H,2,7-8,13H2,1H3,(H,14,15). The summed E-state index contributed by atoms with van der Waals surface area (Å²) in [6.07, 6.45) is 0. The molecule has 0 spiro atoms. The van der Waals surface area contributed by atoms with Gasteiger partial charge in [0, 0.05) is 11.5 Å². The van der Waals surface area contributed by atoms with Crippen LogP contribution in [0.3, 0.4) is 0 Å². The first kappa shape index (κ1) is 13.9. The van der Waals surface area contributed by atoms with Gasteiger partial charge >= 0.3 is 5.97 Å². The summed E-state index contributed by atoms with van der Waals surface area (Å²) >= 11 is 1.52. The van der Waals surface area contributed by atoms with Gasteiger partial charge in [0.1, 0.15) is 11.8 Å². The van der Waals surface area contributed by atoms with Crippen LogP contribution in [-0.2, 0) is 10.5 Å². The van der Waals surface area contributed by atoms with Crippen molar-refractivity contribution in [1.29, 1.82) is 0 Å². The maximum absolute atomic E-state index is 10.5. The quantitative estimate of drug-likeness (QED) is 0.776. The third kappa shape index (κ3) is 5.10. The minimum Gasteiger partial charge on any atom is -0.494 e. The minimum absolute atomic E-state index is 0.419. The maximum atomic E-state index is 10.5. The van der Waals surface area contributed by atoms with Crippen LogP contribution in [0.5, 0.6) is 5.75 Å². The number of ether oxygens (including phenoxy) is 1. The van der Waals surface area contributed by atoms with Gasteiger partial charge in [-0.05, 0) is 24.6 Å². The van der Waals surface area contributed by atoms with Gasteiger partial charge in [-0.1, -0.05) is 12.1 Å². The largest absolute Gasteiger partial charge is 0.494 e. The van der Waals surface area contributed by atoms with Crippen molar-refractivity contribution in [3.05, 3.63) is 29.8 Å². The molecule has 0 fully saturated rings. The Hall–Kier alpha value is -1.20. The van der Waals surface area contributed by atoms with Crippen LogP contribution in [0.25, 0.3) is 0 Å². The zero-order valence-electron chi connectivity index (χ0n) is 9.76. The summed E-state index contributed by atoms with van der Waals surface area (Å²) in [4.78, 5) is 10.5. The Morgan fingerprint density at radius 1 is 1.47 bits per heavy atom. The molecule has 1 rings (SSSR count). The monoisotopic (exact) mass is 255 g/mol. The molecular formula is C12H17NO3S. The van der Waals surface area contributed by atoms with Gasteiger partial charge in [-0.2, -0.15) is 11.8 Å². The number of hydrogen-bond donors (Lipinski definition) is 2. The molecule has 5 heteroatoms. The van der Waals surface area contributed by atoms with E-state index in [0.29, 0.717) is 12.4 Å². The molecular weight excluding hydrogens is 238 g/mol. The molecule has 0 heterocycles. The van der Waals surface area contributed by atoms with E-state index in [4.69, 9.17) is 15.6 Å². The highest BCUT2D eigenvalue weighted by atomic mass is 32.2. The van der Waals surface area contributed by atoms with Gasteiger partial charge in [0.2, 0.25) is 0 Å². The number of thioether (sulfide) groups is 1. The van der Waals surface area contributed by atoms with Crippen molar-refractivity contribution >= 4 is 17.7 Å². The molecule has 4 nitrogen and oxygen atoms in total. The molecule has 0 aliphatic heterocycles. The second-order valence-corrected chi connectivity index (χ2v) is 4.57. The lowest BCUT2D eigenvalue weighted by Crippen LogP contribution is -2.32. The molecule has 0 aliphatic rings. The number of carboxylic acids is 1. The van der Waals surface area contributed by atoms with Crippen molar-refractivity contribution in [1.82, 2.24) is 0 Å². The van der Waals surface area contributed by atoms with Crippen molar-refractivity contribution in [2.75, 3.05) is 12.4 Å². The first-order valence-corrected chi connectivity index (χ1v) is 6.56. The fraction of sp³-hybridized carbons (Fsp3) is 0.417. The van der Waals surface area contributed by atoms with E-state index in [-0.39, 0.29) is 0 Å². The molecule has 0 bridgehead atoms. The molecule has 94 valence electrons. The van der Waals surface area contributed by atoms with Crippen LogP contribution < -0.4 is 10.5 Å². The third-order valence-electron chi connectivity index (χ3n) is 2.12. The van der Waals surface area contributed by atoms with Gasteiger partial charge in [-0.3, -0.25) is 4.79 Å². The van der Waals surface area contributed by atoms with Crippen LogP contribution in [0.2, 0.25) is 0 Å². The van der Waals surface area contributed by atoms with Gasteiger partial charge in [0.05, 0.1) is 6.61 Å². The van der Waals surface area contributed by atoms with E-state index in [1.807, 2.05) is 31.2 Å². The lowest BCUT2D eigenvalue weighted by Gasteiger charge is -2.07. The van der Waals surface area contributed by atoms with E-state index < -0.39 is 12.0 Å². The van der Waals surface area contributed by atoms with E-state index in [9.17, 15) is 4.79 Å². The third-order valence-corrected chi connectivity index (χ3v) is 3.25. The zero-order chi connectivity index (χ0) is 12.7. The van der Waals surface area contributed by atoms with E-state index >= 15 is 0 Å². The summed E-state index contributed by atoms with van der Waals surface area (Å²) in [5.74, 6) is 1.07. The van der Waals surface area contributed by atoms with Crippen LogP contribution >= 0.6 is 11.8 Å². The van der Waals surface area contributed by atoms with Crippen molar-refractivity contribution in [2.24, 2.45) is 5.73 Å². The van der Waals surface area contributed by atoms with Crippen molar-refractivity contribution in [2.45, 2.75) is 18.7 Å². The molecule has 0 saturated carbocycles. The molecule has 0 saturated heterocycles. The number of carbonyl (C=O) groups is 1. The Kier molecular flexibility index (Phi) is 5.86. The van der Waals surface area contributed by atoms with E-state index in [2.05, 4.69) is 0 Å². The molecule has 17 heavy (non-hydrogen) atoms. The molecule has 0 aliphatic carbocycles. The molecule has 0 radical (unpaired) electrons. The lowest BCUT2D eigenvalue weighted by molar-refractivity contribution is -0.137. The molecule has 1 atom stereocenters. The number of benzene rings is 1. The minimum atomic E-state index is -0.954. The summed E-state index contributed by atoms with van der Waals surface area (Å²) < 4.78 is 5.33.